The van der Waals surface area contributed by atoms with Crippen LogP contribution in [-0.4, -0.2) is 62.8 Å². The maximum absolute atomic E-state index is 5.33. The fourth-order valence-corrected chi connectivity index (χ4v) is 2.76. The van der Waals surface area contributed by atoms with Crippen molar-refractivity contribution in [1.82, 2.24) is 15.5 Å². The van der Waals surface area contributed by atoms with Crippen molar-refractivity contribution in [3.8, 4) is 0 Å². The molecule has 1 fully saturated rings. The van der Waals surface area contributed by atoms with Crippen LogP contribution in [0.5, 0.6) is 0 Å². The van der Waals surface area contributed by atoms with Gasteiger partial charge in [-0.15, -0.1) is 24.0 Å². The summed E-state index contributed by atoms with van der Waals surface area (Å²) in [4.78, 5) is 6.87. The number of hydrogen-bond donors (Lipinski definition) is 2. The summed E-state index contributed by atoms with van der Waals surface area (Å²) in [5, 5.41) is 6.72. The van der Waals surface area contributed by atoms with Crippen LogP contribution in [0.2, 0.25) is 0 Å². The second kappa shape index (κ2) is 11.5. The molecule has 132 valence electrons. The van der Waals surface area contributed by atoms with E-state index in [-0.39, 0.29) is 29.5 Å². The summed E-state index contributed by atoms with van der Waals surface area (Å²) in [5.41, 5.74) is 0.145. The smallest absolute Gasteiger partial charge is 0.191 e. The van der Waals surface area contributed by atoms with Gasteiger partial charge in [-0.05, 0) is 46.1 Å². The van der Waals surface area contributed by atoms with Gasteiger partial charge < -0.3 is 15.4 Å². The monoisotopic (exact) mass is 426 g/mol. The normalized spacial score (nSPS) is 20.4. The van der Waals surface area contributed by atoms with E-state index < -0.39 is 0 Å². The Hall–Kier alpha value is -0.0800. The van der Waals surface area contributed by atoms with E-state index >= 15 is 0 Å². The molecule has 0 saturated carbocycles. The Balaban J connectivity index is 0.00000441. The number of likely N-dealkylation sites (tertiary alicyclic amines) is 1. The van der Waals surface area contributed by atoms with E-state index in [0.29, 0.717) is 6.61 Å². The summed E-state index contributed by atoms with van der Waals surface area (Å²) in [6.45, 7) is 14.5. The molecule has 1 aliphatic heterocycles. The van der Waals surface area contributed by atoms with Crippen LogP contribution in [0.3, 0.4) is 0 Å². The number of aliphatic imine (C=N–C) groups is 1. The van der Waals surface area contributed by atoms with Gasteiger partial charge in [0.2, 0.25) is 0 Å². The zero-order valence-corrected chi connectivity index (χ0v) is 17.3. The lowest BCUT2D eigenvalue weighted by molar-refractivity contribution is 0.0739. The van der Waals surface area contributed by atoms with E-state index in [2.05, 4.69) is 41.3 Å². The molecule has 22 heavy (non-hydrogen) atoms. The minimum atomic E-state index is 0. The van der Waals surface area contributed by atoms with Gasteiger partial charge >= 0.3 is 0 Å². The molecule has 1 unspecified atom stereocenters. The molecule has 2 N–H and O–H groups in total. The Morgan fingerprint density at radius 2 is 2.09 bits per heavy atom. The number of rotatable bonds is 7. The van der Waals surface area contributed by atoms with Gasteiger partial charge in [0.25, 0.3) is 0 Å². The lowest BCUT2D eigenvalue weighted by Gasteiger charge is -2.43. The van der Waals surface area contributed by atoms with Crippen LogP contribution in [0.4, 0.5) is 0 Å². The van der Waals surface area contributed by atoms with Crippen LogP contribution < -0.4 is 10.6 Å². The number of ether oxygens (including phenoxy) is 1. The maximum Gasteiger partial charge on any atom is 0.191 e. The molecule has 5 nitrogen and oxygen atoms in total. The van der Waals surface area contributed by atoms with Gasteiger partial charge in [0.1, 0.15) is 0 Å². The quantitative estimate of drug-likeness (QED) is 0.284. The first kappa shape index (κ1) is 21.9. The first-order valence-corrected chi connectivity index (χ1v) is 8.27. The lowest BCUT2D eigenvalue weighted by atomic mass is 9.93. The van der Waals surface area contributed by atoms with Gasteiger partial charge in [0, 0.05) is 38.8 Å². The predicted octanol–water partition coefficient (Wildman–Crippen LogP) is 2.32. The van der Waals surface area contributed by atoms with E-state index in [1.54, 1.807) is 0 Å². The Kier molecular flexibility index (Phi) is 11.4. The van der Waals surface area contributed by atoms with Crippen molar-refractivity contribution in [2.24, 2.45) is 10.9 Å². The summed E-state index contributed by atoms with van der Waals surface area (Å²) in [6, 6.07) is 0. The van der Waals surface area contributed by atoms with Crippen molar-refractivity contribution in [2.75, 3.05) is 46.4 Å². The lowest BCUT2D eigenvalue weighted by Crippen LogP contribution is -2.56. The van der Waals surface area contributed by atoms with E-state index in [1.807, 2.05) is 14.0 Å². The van der Waals surface area contributed by atoms with Crippen LogP contribution in [-0.2, 0) is 4.74 Å². The molecule has 0 aromatic carbocycles. The zero-order valence-electron chi connectivity index (χ0n) is 14.9. The van der Waals surface area contributed by atoms with Gasteiger partial charge in [0.15, 0.2) is 5.96 Å². The van der Waals surface area contributed by atoms with Crippen molar-refractivity contribution >= 4 is 29.9 Å². The molecule has 1 atom stereocenters. The van der Waals surface area contributed by atoms with E-state index in [9.17, 15) is 0 Å². The van der Waals surface area contributed by atoms with Crippen molar-refractivity contribution in [3.63, 3.8) is 0 Å². The standard InChI is InChI=1S/C16H34N4O.HI/c1-6-21-11-9-18-15(17-5)19-13-16(3,4)20-10-7-8-14(2)12-20;/h14H,6-13H2,1-5H3,(H2,17,18,19);1H. The highest BCUT2D eigenvalue weighted by atomic mass is 127. The van der Waals surface area contributed by atoms with Crippen molar-refractivity contribution < 1.29 is 4.74 Å². The van der Waals surface area contributed by atoms with Gasteiger partial charge in [-0.25, -0.2) is 0 Å². The molecule has 0 bridgehead atoms. The van der Waals surface area contributed by atoms with Crippen LogP contribution in [0, 0.1) is 5.92 Å². The van der Waals surface area contributed by atoms with Gasteiger partial charge in [0.05, 0.1) is 6.61 Å². The van der Waals surface area contributed by atoms with E-state index in [0.717, 1.165) is 31.6 Å². The van der Waals surface area contributed by atoms with Crippen LogP contribution >= 0.6 is 24.0 Å². The number of hydrogen-bond acceptors (Lipinski definition) is 3. The molecular weight excluding hydrogens is 391 g/mol. The first-order valence-electron chi connectivity index (χ1n) is 8.27. The third-order valence-electron chi connectivity index (χ3n) is 4.17. The number of nitrogens with one attached hydrogen (secondary N) is 2. The molecular formula is C16H35IN4O. The molecule has 6 heteroatoms. The molecule has 1 heterocycles. The molecule has 1 rings (SSSR count). The molecule has 0 aliphatic carbocycles. The predicted molar refractivity (Wildman–Crippen MR) is 105 cm³/mol. The summed E-state index contributed by atoms with van der Waals surface area (Å²) in [6.07, 6.45) is 2.67. The van der Waals surface area contributed by atoms with Crippen molar-refractivity contribution in [1.29, 1.82) is 0 Å². The molecule has 0 aromatic heterocycles. The van der Waals surface area contributed by atoms with Crippen LogP contribution in [0.1, 0.15) is 40.5 Å². The van der Waals surface area contributed by atoms with Crippen LogP contribution in [0.25, 0.3) is 0 Å². The Bertz CT molecular complexity index is 323. The summed E-state index contributed by atoms with van der Waals surface area (Å²) >= 11 is 0. The highest BCUT2D eigenvalue weighted by molar-refractivity contribution is 14.0. The second-order valence-corrected chi connectivity index (χ2v) is 6.56. The minimum absolute atomic E-state index is 0. The topological polar surface area (TPSA) is 48.9 Å². The Morgan fingerprint density at radius 1 is 1.36 bits per heavy atom. The number of halogens is 1. The van der Waals surface area contributed by atoms with Gasteiger partial charge in [-0.1, -0.05) is 6.92 Å². The Morgan fingerprint density at radius 3 is 2.68 bits per heavy atom. The summed E-state index contributed by atoms with van der Waals surface area (Å²) in [7, 11) is 1.81. The largest absolute Gasteiger partial charge is 0.380 e. The van der Waals surface area contributed by atoms with E-state index in [1.165, 1.54) is 25.9 Å². The number of piperidine rings is 1. The minimum Gasteiger partial charge on any atom is -0.380 e. The third-order valence-corrected chi connectivity index (χ3v) is 4.17. The number of guanidine groups is 1. The van der Waals surface area contributed by atoms with Crippen LogP contribution in [0.15, 0.2) is 4.99 Å². The fourth-order valence-electron chi connectivity index (χ4n) is 2.76. The summed E-state index contributed by atoms with van der Waals surface area (Å²) < 4.78 is 5.33. The zero-order chi connectivity index (χ0) is 15.7. The molecule has 0 radical (unpaired) electrons. The average Bonchev–Trinajstić information content (AvgIpc) is 2.46. The second-order valence-electron chi connectivity index (χ2n) is 6.56. The molecule has 0 aromatic rings. The van der Waals surface area contributed by atoms with E-state index in [4.69, 9.17) is 4.74 Å². The molecule has 1 saturated heterocycles. The SMILES string of the molecule is CCOCCNC(=NC)NCC(C)(C)N1CCCC(C)C1.I. The van der Waals surface area contributed by atoms with Crippen molar-refractivity contribution in [3.05, 3.63) is 0 Å². The molecule has 0 spiro atoms. The highest BCUT2D eigenvalue weighted by Crippen LogP contribution is 2.23. The third kappa shape index (κ3) is 7.97. The average molecular weight is 426 g/mol. The van der Waals surface area contributed by atoms with Crippen molar-refractivity contribution in [2.45, 2.75) is 46.1 Å². The molecule has 0 amide bonds. The highest BCUT2D eigenvalue weighted by Gasteiger charge is 2.30. The maximum atomic E-state index is 5.33. The fraction of sp³-hybridized carbons (Fsp3) is 0.938. The van der Waals surface area contributed by atoms with Gasteiger partial charge in [-0.3, -0.25) is 9.89 Å². The molecule has 1 aliphatic rings. The Labute approximate surface area is 153 Å². The summed E-state index contributed by atoms with van der Waals surface area (Å²) in [5.74, 6) is 1.66. The first-order chi connectivity index (χ1) is 9.99. The van der Waals surface area contributed by atoms with Gasteiger partial charge in [-0.2, -0.15) is 0 Å². The number of nitrogens with zero attached hydrogens (tertiary/aromatic N) is 2.